The Hall–Kier alpha value is -2.41. The normalized spacial score (nSPS) is 19.0. The smallest absolute Gasteiger partial charge is 0.412 e. The zero-order valence-electron chi connectivity index (χ0n) is 15.9. The summed E-state index contributed by atoms with van der Waals surface area (Å²) in [4.78, 5) is 37.5. The van der Waals surface area contributed by atoms with Gasteiger partial charge in [-0.1, -0.05) is 30.3 Å². The number of likely N-dealkylation sites (tertiary alicyclic amines) is 1. The molecule has 1 unspecified atom stereocenters. The summed E-state index contributed by atoms with van der Waals surface area (Å²) < 4.78 is 15.6. The first-order valence-corrected chi connectivity index (χ1v) is 9.24. The second-order valence-electron chi connectivity index (χ2n) is 6.43. The van der Waals surface area contributed by atoms with Crippen LogP contribution in [0.15, 0.2) is 30.3 Å². The number of hydrogen-bond donors (Lipinski definition) is 0. The van der Waals surface area contributed by atoms with Crippen LogP contribution in [0.25, 0.3) is 0 Å². The highest BCUT2D eigenvalue weighted by Gasteiger charge is 2.38. The summed E-state index contributed by atoms with van der Waals surface area (Å²) in [5.74, 6) is -0.699. The predicted molar refractivity (Wildman–Crippen MR) is 97.8 cm³/mol. The molecule has 0 aliphatic carbocycles. The number of ether oxygens (including phenoxy) is 3. The average molecular weight is 377 g/mol. The molecular weight excluding hydrogens is 350 g/mol. The molecule has 0 saturated carbocycles. The standard InChI is InChI=1S/C20H27NO6/c1-3-26-19(23)13-17(22)11-9-16-10-12-18(25-2)21(16)20(24)27-14-15-7-5-4-6-8-15/h4-8,16,18H,3,9-14H2,1-2H3/t16-,18?/m1/s1. The van der Waals surface area contributed by atoms with Gasteiger partial charge in [0.15, 0.2) is 0 Å². The van der Waals surface area contributed by atoms with Crippen molar-refractivity contribution in [3.8, 4) is 0 Å². The fourth-order valence-electron chi connectivity index (χ4n) is 3.21. The maximum atomic E-state index is 12.6. The van der Waals surface area contributed by atoms with Gasteiger partial charge in [0.2, 0.25) is 0 Å². The number of benzene rings is 1. The van der Waals surface area contributed by atoms with Crippen LogP contribution in [-0.2, 0) is 30.4 Å². The molecule has 0 radical (unpaired) electrons. The van der Waals surface area contributed by atoms with Crippen LogP contribution in [0.3, 0.4) is 0 Å². The molecule has 7 heteroatoms. The molecule has 0 bridgehead atoms. The highest BCUT2D eigenvalue weighted by Crippen LogP contribution is 2.29. The monoisotopic (exact) mass is 377 g/mol. The van der Waals surface area contributed by atoms with Crippen molar-refractivity contribution in [3.63, 3.8) is 0 Å². The number of amides is 1. The molecule has 2 atom stereocenters. The number of nitrogens with zero attached hydrogens (tertiary/aromatic N) is 1. The number of rotatable bonds is 9. The van der Waals surface area contributed by atoms with Gasteiger partial charge in [-0.3, -0.25) is 14.5 Å². The second kappa shape index (κ2) is 10.7. The summed E-state index contributed by atoms with van der Waals surface area (Å²) in [6.45, 7) is 2.14. The molecule has 1 amide bonds. The van der Waals surface area contributed by atoms with Crippen molar-refractivity contribution >= 4 is 17.8 Å². The number of hydrogen-bond acceptors (Lipinski definition) is 6. The van der Waals surface area contributed by atoms with Gasteiger partial charge in [-0.05, 0) is 31.7 Å². The Kier molecular flexibility index (Phi) is 8.26. The molecule has 0 aromatic heterocycles. The number of Topliss-reactive ketones (excluding diaryl/α,β-unsaturated/α-hetero) is 1. The molecule has 1 aromatic rings. The summed E-state index contributed by atoms with van der Waals surface area (Å²) in [6.07, 6.45) is 1.05. The maximum absolute atomic E-state index is 12.6. The van der Waals surface area contributed by atoms with E-state index in [1.165, 1.54) is 0 Å². The summed E-state index contributed by atoms with van der Waals surface area (Å²) >= 11 is 0. The van der Waals surface area contributed by atoms with Crippen LogP contribution in [0.2, 0.25) is 0 Å². The Bertz CT molecular complexity index is 633. The van der Waals surface area contributed by atoms with Gasteiger partial charge in [-0.25, -0.2) is 4.79 Å². The Morgan fingerprint density at radius 2 is 1.85 bits per heavy atom. The van der Waals surface area contributed by atoms with Gasteiger partial charge in [0.1, 0.15) is 25.0 Å². The minimum Gasteiger partial charge on any atom is -0.466 e. The summed E-state index contributed by atoms with van der Waals surface area (Å²) in [6, 6.07) is 9.29. The van der Waals surface area contributed by atoms with Crippen molar-refractivity contribution in [1.29, 1.82) is 0 Å². The molecule has 27 heavy (non-hydrogen) atoms. The third kappa shape index (κ3) is 6.36. The van der Waals surface area contributed by atoms with Crippen molar-refractivity contribution in [3.05, 3.63) is 35.9 Å². The van der Waals surface area contributed by atoms with Crippen LogP contribution >= 0.6 is 0 Å². The zero-order valence-corrected chi connectivity index (χ0v) is 15.9. The largest absolute Gasteiger partial charge is 0.466 e. The van der Waals surface area contributed by atoms with Crippen LogP contribution in [0, 0.1) is 0 Å². The van der Waals surface area contributed by atoms with Gasteiger partial charge in [0, 0.05) is 19.6 Å². The molecule has 0 spiro atoms. The number of methoxy groups -OCH3 is 1. The first-order chi connectivity index (χ1) is 13.0. The molecule has 7 nitrogen and oxygen atoms in total. The van der Waals surface area contributed by atoms with Crippen LogP contribution < -0.4 is 0 Å². The van der Waals surface area contributed by atoms with Gasteiger partial charge in [-0.2, -0.15) is 0 Å². The first-order valence-electron chi connectivity index (χ1n) is 9.24. The van der Waals surface area contributed by atoms with Crippen molar-refractivity contribution in [2.75, 3.05) is 13.7 Å². The van der Waals surface area contributed by atoms with Crippen molar-refractivity contribution < 1.29 is 28.6 Å². The van der Waals surface area contributed by atoms with Gasteiger partial charge < -0.3 is 14.2 Å². The molecule has 1 aromatic carbocycles. The summed E-state index contributed by atoms with van der Waals surface area (Å²) in [7, 11) is 1.55. The summed E-state index contributed by atoms with van der Waals surface area (Å²) in [5.41, 5.74) is 0.903. The molecule has 1 saturated heterocycles. The van der Waals surface area contributed by atoms with E-state index in [2.05, 4.69) is 0 Å². The van der Waals surface area contributed by atoms with Crippen LogP contribution in [0.4, 0.5) is 4.79 Å². The maximum Gasteiger partial charge on any atom is 0.412 e. The lowest BCUT2D eigenvalue weighted by Crippen LogP contribution is -2.42. The Labute approximate surface area is 159 Å². The SMILES string of the molecule is CCOC(=O)CC(=O)CC[C@@H]1CCC(OC)N1C(=O)OCc1ccccc1. The minimum absolute atomic E-state index is 0.149. The minimum atomic E-state index is -0.511. The molecule has 0 N–H and O–H groups in total. The van der Waals surface area contributed by atoms with Crippen molar-refractivity contribution in [2.24, 2.45) is 0 Å². The van der Waals surface area contributed by atoms with E-state index in [0.29, 0.717) is 12.8 Å². The lowest BCUT2D eigenvalue weighted by atomic mass is 10.1. The van der Waals surface area contributed by atoms with E-state index in [1.807, 2.05) is 30.3 Å². The van der Waals surface area contributed by atoms with Gasteiger partial charge >= 0.3 is 12.1 Å². The van der Waals surface area contributed by atoms with Gasteiger partial charge in [-0.15, -0.1) is 0 Å². The topological polar surface area (TPSA) is 82.1 Å². The lowest BCUT2D eigenvalue weighted by molar-refractivity contribution is -0.145. The fraction of sp³-hybridized carbons (Fsp3) is 0.550. The van der Waals surface area contributed by atoms with Crippen molar-refractivity contribution in [1.82, 2.24) is 4.90 Å². The van der Waals surface area contributed by atoms with Crippen LogP contribution in [-0.4, -0.2) is 48.7 Å². The first kappa shape index (κ1) is 20.9. The van der Waals surface area contributed by atoms with Crippen molar-refractivity contribution in [2.45, 2.75) is 57.9 Å². The molecular formula is C20H27NO6. The van der Waals surface area contributed by atoms with E-state index in [4.69, 9.17) is 14.2 Å². The number of carbonyl (C=O) groups excluding carboxylic acids is 3. The Balaban J connectivity index is 1.88. The van der Waals surface area contributed by atoms with E-state index in [0.717, 1.165) is 12.0 Å². The predicted octanol–water partition coefficient (Wildman–Crippen LogP) is 3.06. The quantitative estimate of drug-likeness (QED) is 0.486. The van der Waals surface area contributed by atoms with E-state index in [9.17, 15) is 14.4 Å². The number of ketones is 1. The van der Waals surface area contributed by atoms with E-state index in [1.54, 1.807) is 18.9 Å². The summed E-state index contributed by atoms with van der Waals surface area (Å²) in [5, 5.41) is 0. The molecule has 1 heterocycles. The fourth-order valence-corrected chi connectivity index (χ4v) is 3.21. The van der Waals surface area contributed by atoms with E-state index in [-0.39, 0.29) is 44.1 Å². The molecule has 1 aliphatic heterocycles. The Morgan fingerprint density at radius 3 is 2.52 bits per heavy atom. The van der Waals surface area contributed by atoms with Crippen LogP contribution in [0.1, 0.15) is 44.6 Å². The lowest BCUT2D eigenvalue weighted by Gasteiger charge is -2.28. The third-order valence-corrected chi connectivity index (χ3v) is 4.54. The highest BCUT2D eigenvalue weighted by atomic mass is 16.6. The van der Waals surface area contributed by atoms with Crippen LogP contribution in [0.5, 0.6) is 0 Å². The average Bonchev–Trinajstić information content (AvgIpc) is 3.08. The third-order valence-electron chi connectivity index (χ3n) is 4.54. The highest BCUT2D eigenvalue weighted by molar-refractivity contribution is 5.95. The Morgan fingerprint density at radius 1 is 1.11 bits per heavy atom. The second-order valence-corrected chi connectivity index (χ2v) is 6.43. The molecule has 1 aliphatic rings. The molecule has 148 valence electrons. The van der Waals surface area contributed by atoms with E-state index >= 15 is 0 Å². The molecule has 2 rings (SSSR count). The van der Waals surface area contributed by atoms with Gasteiger partial charge in [0.25, 0.3) is 0 Å². The van der Waals surface area contributed by atoms with E-state index < -0.39 is 12.1 Å². The number of carbonyl (C=O) groups is 3. The number of esters is 1. The molecule has 1 fully saturated rings. The van der Waals surface area contributed by atoms with Gasteiger partial charge in [0.05, 0.1) is 6.61 Å². The zero-order chi connectivity index (χ0) is 19.6.